The molecule has 0 spiro atoms. The highest BCUT2D eigenvalue weighted by Gasteiger charge is 2.21. The number of pyridine rings is 1. The van der Waals surface area contributed by atoms with Crippen LogP contribution in [0.5, 0.6) is 5.75 Å². The van der Waals surface area contributed by atoms with E-state index >= 15 is 0 Å². The maximum absolute atomic E-state index is 11.4. The van der Waals surface area contributed by atoms with Gasteiger partial charge >= 0.3 is 10.1 Å². The molecule has 2 aromatic heterocycles. The smallest absolute Gasteiger partial charge is 0.306 e. The number of hydrogen-bond acceptors (Lipinski definition) is 6. The van der Waals surface area contributed by atoms with Crippen LogP contribution in [0.25, 0.3) is 22.6 Å². The molecule has 0 radical (unpaired) electrons. The van der Waals surface area contributed by atoms with Crippen LogP contribution in [0.4, 0.5) is 0 Å². The van der Waals surface area contributed by atoms with Crippen LogP contribution in [-0.2, 0) is 10.1 Å². The Bertz CT molecular complexity index is 982. The minimum atomic E-state index is -3.70. The fraction of sp³-hybridized carbons (Fsp3) is 0.125. The first-order valence-electron chi connectivity index (χ1n) is 7.04. The van der Waals surface area contributed by atoms with Crippen LogP contribution in [0.2, 0.25) is 0 Å². The molecule has 24 heavy (non-hydrogen) atoms. The van der Waals surface area contributed by atoms with Gasteiger partial charge in [-0.25, -0.2) is 4.98 Å². The summed E-state index contributed by atoms with van der Waals surface area (Å²) in [6.45, 7) is 1.75. The normalized spacial score (nSPS) is 11.4. The molecule has 0 saturated carbocycles. The van der Waals surface area contributed by atoms with Crippen LogP contribution in [0.1, 0.15) is 5.69 Å². The van der Waals surface area contributed by atoms with Gasteiger partial charge in [0.1, 0.15) is 5.69 Å². The van der Waals surface area contributed by atoms with Crippen molar-refractivity contribution >= 4 is 10.1 Å². The SMILES string of the molecule is Cc1nc(-c2ccccc2OS(C)(=O)=O)n(O)c1-c1cccnc1. The molecule has 0 amide bonds. The van der Waals surface area contributed by atoms with Crippen LogP contribution >= 0.6 is 0 Å². The molecule has 0 aliphatic carbocycles. The molecule has 1 aromatic carbocycles. The predicted octanol–water partition coefficient (Wildman–Crippen LogP) is 2.50. The van der Waals surface area contributed by atoms with Crippen molar-refractivity contribution in [1.82, 2.24) is 14.7 Å². The number of aromatic nitrogens is 3. The van der Waals surface area contributed by atoms with Crippen molar-refractivity contribution in [3.63, 3.8) is 0 Å². The van der Waals surface area contributed by atoms with Crippen molar-refractivity contribution in [3.05, 3.63) is 54.5 Å². The lowest BCUT2D eigenvalue weighted by Gasteiger charge is -2.09. The Labute approximate surface area is 139 Å². The Morgan fingerprint density at radius 2 is 1.92 bits per heavy atom. The van der Waals surface area contributed by atoms with Gasteiger partial charge in [0.05, 0.1) is 17.5 Å². The number of nitrogens with zero attached hydrogens (tertiary/aromatic N) is 3. The van der Waals surface area contributed by atoms with E-state index in [0.717, 1.165) is 11.0 Å². The van der Waals surface area contributed by atoms with Crippen LogP contribution in [0, 0.1) is 6.92 Å². The molecule has 0 saturated heterocycles. The topological polar surface area (TPSA) is 94.3 Å². The first kappa shape index (κ1) is 16.0. The van der Waals surface area contributed by atoms with Gasteiger partial charge in [-0.3, -0.25) is 4.98 Å². The summed E-state index contributed by atoms with van der Waals surface area (Å²) in [5.41, 5.74) is 2.11. The van der Waals surface area contributed by atoms with Gasteiger partial charge < -0.3 is 9.39 Å². The van der Waals surface area contributed by atoms with E-state index in [4.69, 9.17) is 4.18 Å². The minimum Gasteiger partial charge on any atom is -0.426 e. The Hall–Kier alpha value is -2.87. The fourth-order valence-corrected chi connectivity index (χ4v) is 2.89. The van der Waals surface area contributed by atoms with Gasteiger partial charge in [-0.15, -0.1) is 0 Å². The molecular weight excluding hydrogens is 330 g/mol. The van der Waals surface area contributed by atoms with E-state index in [1.807, 2.05) is 0 Å². The number of para-hydroxylation sites is 1. The van der Waals surface area contributed by atoms with Crippen LogP contribution in [0.3, 0.4) is 0 Å². The lowest BCUT2D eigenvalue weighted by molar-refractivity contribution is 0.195. The molecule has 3 rings (SSSR count). The molecule has 0 unspecified atom stereocenters. The van der Waals surface area contributed by atoms with Crippen molar-refractivity contribution < 1.29 is 17.8 Å². The average Bonchev–Trinajstić information content (AvgIpc) is 2.82. The van der Waals surface area contributed by atoms with E-state index in [2.05, 4.69) is 9.97 Å². The fourth-order valence-electron chi connectivity index (χ4n) is 2.41. The molecule has 1 N–H and O–H groups in total. The van der Waals surface area contributed by atoms with Crippen LogP contribution in [-0.4, -0.2) is 34.6 Å². The summed E-state index contributed by atoms with van der Waals surface area (Å²) < 4.78 is 28.8. The second-order valence-electron chi connectivity index (χ2n) is 5.21. The Morgan fingerprint density at radius 1 is 1.17 bits per heavy atom. The molecule has 0 atom stereocenters. The first-order chi connectivity index (χ1) is 11.4. The van der Waals surface area contributed by atoms with Gasteiger partial charge in [-0.2, -0.15) is 13.1 Å². The highest BCUT2D eigenvalue weighted by atomic mass is 32.2. The number of rotatable bonds is 4. The highest BCUT2D eigenvalue weighted by Crippen LogP contribution is 2.33. The standard InChI is InChI=1S/C16H15N3O4S/c1-11-15(12-6-5-9-17-10-12)19(20)16(18-11)13-7-3-4-8-14(13)23-24(2,21)22/h3-10,20H,1-2H3. The van der Waals surface area contributed by atoms with Gasteiger partial charge in [-0.1, -0.05) is 12.1 Å². The van der Waals surface area contributed by atoms with Gasteiger partial charge in [0.25, 0.3) is 0 Å². The molecule has 3 aromatic rings. The lowest BCUT2D eigenvalue weighted by atomic mass is 10.2. The third kappa shape index (κ3) is 3.09. The third-order valence-corrected chi connectivity index (χ3v) is 3.82. The molecule has 7 nitrogen and oxygen atoms in total. The molecule has 0 fully saturated rings. The van der Waals surface area contributed by atoms with Crippen molar-refractivity contribution in [3.8, 4) is 28.4 Å². The van der Waals surface area contributed by atoms with Gasteiger partial charge in [0, 0.05) is 18.0 Å². The number of hydrogen-bond donors (Lipinski definition) is 1. The summed E-state index contributed by atoms with van der Waals surface area (Å²) in [5.74, 6) is 0.281. The largest absolute Gasteiger partial charge is 0.426 e. The van der Waals surface area contributed by atoms with Crippen molar-refractivity contribution in [1.29, 1.82) is 0 Å². The zero-order valence-electron chi connectivity index (χ0n) is 13.0. The molecule has 0 aliphatic heterocycles. The van der Waals surface area contributed by atoms with Crippen molar-refractivity contribution in [2.24, 2.45) is 0 Å². The Morgan fingerprint density at radius 3 is 2.58 bits per heavy atom. The maximum atomic E-state index is 11.4. The van der Waals surface area contributed by atoms with E-state index in [0.29, 0.717) is 22.5 Å². The zero-order valence-corrected chi connectivity index (χ0v) is 13.9. The molecule has 124 valence electrons. The summed E-state index contributed by atoms with van der Waals surface area (Å²) in [5, 5.41) is 10.6. The Balaban J connectivity index is 2.16. The zero-order chi connectivity index (χ0) is 17.3. The lowest BCUT2D eigenvalue weighted by Crippen LogP contribution is -2.07. The highest BCUT2D eigenvalue weighted by molar-refractivity contribution is 7.86. The van der Waals surface area contributed by atoms with E-state index in [-0.39, 0.29) is 11.6 Å². The van der Waals surface area contributed by atoms with Gasteiger partial charge in [0.15, 0.2) is 11.6 Å². The number of aryl methyl sites for hydroxylation is 1. The molecule has 0 aliphatic rings. The minimum absolute atomic E-state index is 0.0954. The average molecular weight is 345 g/mol. The molecule has 2 heterocycles. The predicted molar refractivity (Wildman–Crippen MR) is 88.3 cm³/mol. The van der Waals surface area contributed by atoms with Crippen LogP contribution < -0.4 is 4.18 Å². The third-order valence-electron chi connectivity index (χ3n) is 3.33. The quantitative estimate of drug-likeness (QED) is 0.577. The summed E-state index contributed by atoms with van der Waals surface area (Å²) >= 11 is 0. The first-order valence-corrected chi connectivity index (χ1v) is 8.86. The van der Waals surface area contributed by atoms with E-state index in [1.54, 1.807) is 49.6 Å². The van der Waals surface area contributed by atoms with E-state index < -0.39 is 10.1 Å². The van der Waals surface area contributed by atoms with Gasteiger partial charge in [-0.05, 0) is 31.2 Å². The van der Waals surface area contributed by atoms with Crippen LogP contribution in [0.15, 0.2) is 48.8 Å². The van der Waals surface area contributed by atoms with Gasteiger partial charge in [0.2, 0.25) is 0 Å². The van der Waals surface area contributed by atoms with Crippen molar-refractivity contribution in [2.75, 3.05) is 6.26 Å². The van der Waals surface area contributed by atoms with Crippen molar-refractivity contribution in [2.45, 2.75) is 6.92 Å². The molecule has 0 bridgehead atoms. The Kier molecular flexibility index (Phi) is 3.98. The summed E-state index contributed by atoms with van der Waals surface area (Å²) in [6.07, 6.45) is 4.20. The maximum Gasteiger partial charge on any atom is 0.306 e. The second kappa shape index (κ2) is 5.97. The van der Waals surface area contributed by atoms with E-state index in [9.17, 15) is 13.6 Å². The summed E-state index contributed by atoms with van der Waals surface area (Å²) in [6, 6.07) is 10.0. The monoisotopic (exact) mass is 345 g/mol. The summed E-state index contributed by atoms with van der Waals surface area (Å²) in [4.78, 5) is 8.39. The molecular formula is C16H15N3O4S. The van der Waals surface area contributed by atoms with E-state index in [1.165, 1.54) is 6.07 Å². The number of benzene rings is 1. The summed E-state index contributed by atoms with van der Waals surface area (Å²) in [7, 11) is -3.70. The second-order valence-corrected chi connectivity index (χ2v) is 6.78. The molecule has 8 heteroatoms. The number of imidazole rings is 1.